The number of halogens is 6. The first kappa shape index (κ1) is 72.2. The Hall–Kier alpha value is -15.9. The monoisotopic (exact) mass is 1610 g/mol. The average Bonchev–Trinajstić information content (AvgIpc) is 1.46. The summed E-state index contributed by atoms with van der Waals surface area (Å²) in [6.45, 7) is 6.14. The second kappa shape index (κ2) is 27.3. The summed E-state index contributed by atoms with van der Waals surface area (Å²) in [6.07, 6.45) is -2.61. The molecule has 7 nitrogen and oxygen atoms in total. The molecule has 24 rings (SSSR count). The summed E-state index contributed by atoms with van der Waals surface area (Å²) < 4.78 is 116. The Labute approximate surface area is 705 Å². The number of rotatable bonds is 12. The lowest BCUT2D eigenvalue weighted by Crippen LogP contribution is -2.19. The quantitative estimate of drug-likeness (QED) is 0.0863. The molecule has 0 amide bonds. The summed E-state index contributed by atoms with van der Waals surface area (Å²) in [5, 5.41) is 12.7. The smallest absolute Gasteiger partial charge is 0.309 e. The summed E-state index contributed by atoms with van der Waals surface area (Å²) in [6, 6.07) is 121. The van der Waals surface area contributed by atoms with E-state index in [-0.39, 0.29) is 17.2 Å². The molecule has 13 heteroatoms. The molecule has 7 heterocycles. The van der Waals surface area contributed by atoms with Gasteiger partial charge in [0.1, 0.15) is 0 Å². The number of allylic oxidation sites excluding steroid dienone is 5. The van der Waals surface area contributed by atoms with Crippen LogP contribution in [-0.2, 0) is 12.4 Å². The predicted octanol–water partition coefficient (Wildman–Crippen LogP) is 31.0. The Morgan fingerprint density at radius 2 is 0.484 bits per heavy atom. The van der Waals surface area contributed by atoms with Crippen molar-refractivity contribution in [2.24, 2.45) is 0 Å². The number of para-hydroxylation sites is 11. The van der Waals surface area contributed by atoms with E-state index in [1.54, 1.807) is 0 Å². The molecule has 0 saturated carbocycles. The Bertz CT molecular complexity index is 8260. The van der Waals surface area contributed by atoms with Gasteiger partial charge in [-0.25, -0.2) is 0 Å². The van der Waals surface area contributed by atoms with Crippen LogP contribution in [0.2, 0.25) is 0 Å². The topological polar surface area (TPSA) is 34.5 Å². The Balaban J connectivity index is 0.964. The summed E-state index contributed by atoms with van der Waals surface area (Å²) in [4.78, 5) is 0. The van der Waals surface area contributed by atoms with Crippen LogP contribution in [0.15, 0.2) is 395 Å². The van der Waals surface area contributed by atoms with Crippen molar-refractivity contribution >= 4 is 158 Å². The maximum Gasteiger partial charge on any atom is 0.416 e. The minimum atomic E-state index is -5.29. The Kier molecular flexibility index (Phi) is 15.9. The van der Waals surface area contributed by atoms with Gasteiger partial charge in [0.2, 0.25) is 0 Å². The van der Waals surface area contributed by atoms with Gasteiger partial charge in [-0.3, -0.25) is 0 Å². The van der Waals surface area contributed by atoms with E-state index < -0.39 is 23.5 Å². The molecule has 0 fully saturated rings. The fourth-order valence-corrected chi connectivity index (χ4v) is 20.3. The molecule has 590 valence electrons. The van der Waals surface area contributed by atoms with E-state index in [1.165, 1.54) is 0 Å². The summed E-state index contributed by atoms with van der Waals surface area (Å²) in [5.74, 6) is 0. The van der Waals surface area contributed by atoms with Gasteiger partial charge < -0.3 is 32.0 Å². The van der Waals surface area contributed by atoms with Gasteiger partial charge in [-0.15, -0.1) is 0 Å². The second-order valence-electron chi connectivity index (χ2n) is 32.0. The van der Waals surface area contributed by atoms with E-state index in [0.717, 1.165) is 176 Å². The minimum absolute atomic E-state index is 0.0796. The van der Waals surface area contributed by atoms with E-state index in [0.29, 0.717) is 50.5 Å². The van der Waals surface area contributed by atoms with Crippen LogP contribution in [-0.4, -0.2) is 32.0 Å². The first-order chi connectivity index (χ1) is 60.8. The zero-order chi connectivity index (χ0) is 83.1. The number of hydrogen-bond acceptors (Lipinski definition) is 0. The molecule has 124 heavy (non-hydrogen) atoms. The third-order valence-electron chi connectivity index (χ3n) is 25.4. The van der Waals surface area contributed by atoms with E-state index in [1.807, 2.05) is 177 Å². The molecule has 0 saturated heterocycles. The van der Waals surface area contributed by atoms with Crippen LogP contribution in [0, 0.1) is 0 Å². The second-order valence-corrected chi connectivity index (χ2v) is 32.0. The van der Waals surface area contributed by atoms with Crippen molar-refractivity contribution in [3.05, 3.63) is 406 Å². The molecule has 0 atom stereocenters. The SMILES string of the molecule is C=C/C=C(\C=C/C)n1c2ccccc2c2cc(-c3ccc4c(c3)c3cc(-c5ccc6c(c5)c5ccccc5n6-c5ccccc5)ccc3n4-c3c(-n4c5ccccc5c5ccccc54)c(-n4c5ccccc5c5ccccc54)c(-c4cc(C(F)(F)F)cc(C(F)(F)F)c4)c(-n4c5ccccc5c5ccccc54)c3-n3c4ccccc4c4ccccc43)ccc21. The van der Waals surface area contributed by atoms with Crippen LogP contribution in [0.4, 0.5) is 26.3 Å². The fourth-order valence-electron chi connectivity index (χ4n) is 20.3. The zero-order valence-corrected chi connectivity index (χ0v) is 66.6. The number of benzene rings is 17. The number of alkyl halides is 6. The van der Waals surface area contributed by atoms with Crippen molar-refractivity contribution in [3.63, 3.8) is 0 Å². The maximum atomic E-state index is 16.8. The highest BCUT2D eigenvalue weighted by Gasteiger charge is 2.42. The molecule has 0 N–H and O–H groups in total. The van der Waals surface area contributed by atoms with E-state index in [9.17, 15) is 0 Å². The van der Waals surface area contributed by atoms with Gasteiger partial charge in [-0.1, -0.05) is 243 Å². The number of hydrogen-bond donors (Lipinski definition) is 0. The lowest BCUT2D eigenvalue weighted by atomic mass is 9.92. The van der Waals surface area contributed by atoms with E-state index >= 15 is 26.3 Å². The molecule has 24 aromatic rings. The molecule has 0 unspecified atom stereocenters. The fraction of sp³-hybridized carbons (Fsp3) is 0.0270. The van der Waals surface area contributed by atoms with Crippen molar-refractivity contribution in [1.82, 2.24) is 32.0 Å². The average molecular weight is 1610 g/mol. The van der Waals surface area contributed by atoms with E-state index in [2.05, 4.69) is 239 Å². The van der Waals surface area contributed by atoms with Crippen LogP contribution in [0.25, 0.3) is 226 Å². The van der Waals surface area contributed by atoms with Crippen molar-refractivity contribution in [2.75, 3.05) is 0 Å². The first-order valence-corrected chi connectivity index (χ1v) is 41.4. The van der Waals surface area contributed by atoms with Crippen LogP contribution in [0.3, 0.4) is 0 Å². The standard InChI is InChI=1S/C111H69F6N7/c1-3-28-74(29-4-2)118-90-42-18-16-40-84(90)86-62-67(52-56-100(86)118)69-54-58-102-88(64-69)89-65-70(68-53-57-101-87(63-68)85-41-17-19-43-91(85)119(101)75-30-6-5-7-31-75)55-59-103(89)124(102)109-107(122-96-48-24-12-36-80(96)81-37-13-25-49-97(81)122)105(120-92-44-20-8-32-76(92)77-33-9-21-45-93(77)120)104(71-60-72(110(112,113)114)66-73(61-71)111(115,116)117)106(121-94-46-22-10-34-78(94)79-35-11-23-47-95(79)121)108(109)123-98-50-26-14-38-82(98)83-39-15-27-51-99(83)123/h3-66H,1H2,2H3/b29-4-,74-28+. The van der Waals surface area contributed by atoms with Crippen LogP contribution in [0.5, 0.6) is 0 Å². The third kappa shape index (κ3) is 10.6. The third-order valence-corrected chi connectivity index (χ3v) is 25.4. The number of aromatic nitrogens is 7. The van der Waals surface area contributed by atoms with Gasteiger partial charge in [0, 0.05) is 92.4 Å². The van der Waals surface area contributed by atoms with E-state index in [4.69, 9.17) is 0 Å². The van der Waals surface area contributed by atoms with Gasteiger partial charge in [0.25, 0.3) is 0 Å². The molecule has 0 spiro atoms. The molecule has 0 aliphatic carbocycles. The molecular formula is C111H69F6N7. The summed E-state index contributed by atoms with van der Waals surface area (Å²) >= 11 is 0. The van der Waals surface area contributed by atoms with Crippen LogP contribution in [0.1, 0.15) is 18.1 Å². The highest BCUT2D eigenvalue weighted by molar-refractivity contribution is 6.21. The Morgan fingerprint density at radius 3 is 0.815 bits per heavy atom. The summed E-state index contributed by atoms with van der Waals surface area (Å²) in [7, 11) is 0. The van der Waals surface area contributed by atoms with Crippen molar-refractivity contribution < 1.29 is 26.3 Å². The molecule has 7 aromatic heterocycles. The first-order valence-electron chi connectivity index (χ1n) is 41.4. The maximum absolute atomic E-state index is 16.8. The highest BCUT2D eigenvalue weighted by atomic mass is 19.4. The molecular weight excluding hydrogens is 1550 g/mol. The van der Waals surface area contributed by atoms with Gasteiger partial charge >= 0.3 is 12.4 Å². The lowest BCUT2D eigenvalue weighted by molar-refractivity contribution is -0.143. The van der Waals surface area contributed by atoms with Crippen molar-refractivity contribution in [3.8, 4) is 67.5 Å². The van der Waals surface area contributed by atoms with Gasteiger partial charge in [-0.05, 0) is 186 Å². The Morgan fingerprint density at radius 1 is 0.242 bits per heavy atom. The normalized spacial score (nSPS) is 12.7. The zero-order valence-electron chi connectivity index (χ0n) is 66.6. The van der Waals surface area contributed by atoms with Gasteiger partial charge in [0.05, 0.1) is 117 Å². The minimum Gasteiger partial charge on any atom is -0.309 e. The molecule has 17 aromatic carbocycles. The van der Waals surface area contributed by atoms with Crippen molar-refractivity contribution in [1.29, 1.82) is 0 Å². The molecule has 0 aliphatic heterocycles. The predicted molar refractivity (Wildman–Crippen MR) is 501 cm³/mol. The van der Waals surface area contributed by atoms with Crippen LogP contribution >= 0.6 is 0 Å². The largest absolute Gasteiger partial charge is 0.416 e. The lowest BCUT2D eigenvalue weighted by Gasteiger charge is -2.32. The van der Waals surface area contributed by atoms with Gasteiger partial charge in [0.15, 0.2) is 0 Å². The summed E-state index contributed by atoms with van der Waals surface area (Å²) in [5.41, 5.74) is 15.8. The van der Waals surface area contributed by atoms with Crippen molar-refractivity contribution in [2.45, 2.75) is 19.3 Å². The van der Waals surface area contributed by atoms with Gasteiger partial charge in [-0.2, -0.15) is 26.3 Å². The van der Waals surface area contributed by atoms with Crippen LogP contribution < -0.4 is 0 Å². The number of fused-ring (bicyclic) bond motifs is 21. The molecule has 0 bridgehead atoms. The molecule has 0 aliphatic rings. The highest BCUT2D eigenvalue weighted by Crippen LogP contribution is 2.57. The number of nitrogens with zero attached hydrogens (tertiary/aromatic N) is 7. The molecule has 0 radical (unpaired) electrons.